The van der Waals surface area contributed by atoms with Crippen LogP contribution in [0.5, 0.6) is 5.88 Å². The Morgan fingerprint density at radius 2 is 1.89 bits per heavy atom. The van der Waals surface area contributed by atoms with Gasteiger partial charge < -0.3 is 28.8 Å². The first-order valence-electron chi connectivity index (χ1n) is 12.3. The maximum atomic E-state index is 15.0. The molecular formula is C26H27F2N3O4. The van der Waals surface area contributed by atoms with Gasteiger partial charge in [-0.3, -0.25) is 0 Å². The standard InChI is InChI=1S/C26H27F2N3O4/c27-17-9-16(31-5-7-32-8-6-31)10-18(28)23(17)20-2-1-19-21(29-20)11-22(30-19)33-12-15-13-34-25-24(15)35-14-26(25)3-4-26/h1-2,9-11,15,24-25,30H,3-8,12-14H2. The first-order chi connectivity index (χ1) is 17.1. The first-order valence-corrected chi connectivity index (χ1v) is 12.3. The third-order valence-electron chi connectivity index (χ3n) is 7.87. The molecule has 7 rings (SSSR count). The van der Waals surface area contributed by atoms with E-state index in [4.69, 9.17) is 18.9 Å². The van der Waals surface area contributed by atoms with Gasteiger partial charge in [-0.05, 0) is 37.1 Å². The van der Waals surface area contributed by atoms with Crippen LogP contribution in [-0.4, -0.2) is 68.3 Å². The number of morpholine rings is 1. The lowest BCUT2D eigenvalue weighted by Gasteiger charge is -2.29. The lowest BCUT2D eigenvalue weighted by molar-refractivity contribution is 0.0526. The zero-order valence-corrected chi connectivity index (χ0v) is 19.3. The molecule has 3 unspecified atom stereocenters. The maximum absolute atomic E-state index is 15.0. The van der Waals surface area contributed by atoms with Crippen molar-refractivity contribution in [3.63, 3.8) is 0 Å². The molecule has 0 amide bonds. The summed E-state index contributed by atoms with van der Waals surface area (Å²) in [5, 5.41) is 0. The lowest BCUT2D eigenvalue weighted by Crippen LogP contribution is -2.36. The highest BCUT2D eigenvalue weighted by molar-refractivity contribution is 5.81. The zero-order valence-electron chi connectivity index (χ0n) is 19.3. The molecule has 0 radical (unpaired) electrons. The third kappa shape index (κ3) is 3.68. The van der Waals surface area contributed by atoms with E-state index in [2.05, 4.69) is 9.97 Å². The summed E-state index contributed by atoms with van der Waals surface area (Å²) in [6.07, 6.45) is 2.67. The minimum absolute atomic E-state index is 0.0954. The molecule has 2 aromatic heterocycles. The molecule has 35 heavy (non-hydrogen) atoms. The quantitative estimate of drug-likeness (QED) is 0.594. The Bertz CT molecular complexity index is 1250. The molecule has 0 bridgehead atoms. The van der Waals surface area contributed by atoms with Crippen molar-refractivity contribution >= 4 is 16.7 Å². The number of pyridine rings is 1. The van der Waals surface area contributed by atoms with Crippen LogP contribution in [-0.2, 0) is 14.2 Å². The van der Waals surface area contributed by atoms with Gasteiger partial charge in [-0.25, -0.2) is 13.8 Å². The summed E-state index contributed by atoms with van der Waals surface area (Å²) in [7, 11) is 0. The van der Waals surface area contributed by atoms with Crippen molar-refractivity contribution < 1.29 is 27.7 Å². The number of rotatable bonds is 5. The summed E-state index contributed by atoms with van der Waals surface area (Å²) in [4.78, 5) is 9.63. The van der Waals surface area contributed by atoms with Crippen LogP contribution in [0.3, 0.4) is 0 Å². The number of hydrogen-bond donors (Lipinski definition) is 1. The van der Waals surface area contributed by atoms with Gasteiger partial charge in [-0.2, -0.15) is 0 Å². The third-order valence-corrected chi connectivity index (χ3v) is 7.87. The molecule has 1 saturated carbocycles. The molecule has 3 atom stereocenters. The average molecular weight is 484 g/mol. The molecule has 7 nitrogen and oxygen atoms in total. The molecule has 4 aliphatic rings. The molecular weight excluding hydrogens is 456 g/mol. The largest absolute Gasteiger partial charge is 0.478 e. The van der Waals surface area contributed by atoms with Crippen molar-refractivity contribution in [2.45, 2.75) is 25.0 Å². The van der Waals surface area contributed by atoms with Gasteiger partial charge in [0.05, 0.1) is 67.5 Å². The predicted octanol–water partition coefficient (Wildman–Crippen LogP) is 3.92. The number of halogens is 2. The van der Waals surface area contributed by atoms with Crippen LogP contribution in [0.25, 0.3) is 22.3 Å². The van der Waals surface area contributed by atoms with Crippen molar-refractivity contribution in [3.05, 3.63) is 42.0 Å². The van der Waals surface area contributed by atoms with Crippen LogP contribution in [0.2, 0.25) is 0 Å². The van der Waals surface area contributed by atoms with Crippen molar-refractivity contribution in [2.24, 2.45) is 11.3 Å². The monoisotopic (exact) mass is 483 g/mol. The molecule has 1 spiro atoms. The summed E-state index contributed by atoms with van der Waals surface area (Å²) in [5.74, 6) is -0.517. The Morgan fingerprint density at radius 1 is 1.09 bits per heavy atom. The second kappa shape index (κ2) is 8.15. The van der Waals surface area contributed by atoms with Gasteiger partial charge in [0.2, 0.25) is 0 Å². The van der Waals surface area contributed by atoms with Gasteiger partial charge in [0.25, 0.3) is 0 Å². The molecule has 1 aromatic carbocycles. The van der Waals surface area contributed by atoms with Gasteiger partial charge >= 0.3 is 0 Å². The van der Waals surface area contributed by atoms with Crippen LogP contribution in [0.1, 0.15) is 12.8 Å². The second-order valence-electron chi connectivity index (χ2n) is 10.1. The minimum atomic E-state index is -0.633. The van der Waals surface area contributed by atoms with Crippen LogP contribution < -0.4 is 9.64 Å². The molecule has 5 heterocycles. The van der Waals surface area contributed by atoms with E-state index < -0.39 is 11.6 Å². The average Bonchev–Trinajstić information content (AvgIpc) is 3.19. The fraction of sp³-hybridized carbons (Fsp3) is 0.500. The normalized spacial score (nSPS) is 27.0. The van der Waals surface area contributed by atoms with E-state index in [0.29, 0.717) is 56.6 Å². The number of aromatic nitrogens is 2. The Balaban J connectivity index is 1.08. The molecule has 9 heteroatoms. The van der Waals surface area contributed by atoms with Crippen molar-refractivity contribution in [3.8, 4) is 17.1 Å². The van der Waals surface area contributed by atoms with Crippen LogP contribution in [0, 0.1) is 23.0 Å². The molecule has 1 N–H and O–H groups in total. The van der Waals surface area contributed by atoms with E-state index in [1.54, 1.807) is 18.2 Å². The molecule has 3 saturated heterocycles. The Morgan fingerprint density at radius 3 is 2.66 bits per heavy atom. The lowest BCUT2D eigenvalue weighted by atomic mass is 9.95. The van der Waals surface area contributed by atoms with E-state index in [-0.39, 0.29) is 34.8 Å². The molecule has 4 fully saturated rings. The Kier molecular flexibility index (Phi) is 5.01. The number of nitrogens with zero attached hydrogens (tertiary/aromatic N) is 2. The van der Waals surface area contributed by atoms with Gasteiger partial charge in [0.15, 0.2) is 5.88 Å². The van der Waals surface area contributed by atoms with Crippen LogP contribution in [0.4, 0.5) is 14.5 Å². The van der Waals surface area contributed by atoms with Crippen molar-refractivity contribution in [2.75, 3.05) is 51.0 Å². The molecule has 184 valence electrons. The van der Waals surface area contributed by atoms with Gasteiger partial charge in [0, 0.05) is 36.2 Å². The smallest absolute Gasteiger partial charge is 0.193 e. The summed E-state index contributed by atoms with van der Waals surface area (Å²) in [5.41, 5.74) is 2.21. The zero-order chi connectivity index (χ0) is 23.6. The second-order valence-corrected chi connectivity index (χ2v) is 10.1. The van der Waals surface area contributed by atoms with Crippen LogP contribution >= 0.6 is 0 Å². The van der Waals surface area contributed by atoms with E-state index in [1.807, 2.05) is 4.90 Å². The number of nitrogens with one attached hydrogen (secondary N) is 1. The van der Waals surface area contributed by atoms with Gasteiger partial charge in [-0.15, -0.1) is 0 Å². The fourth-order valence-electron chi connectivity index (χ4n) is 5.70. The minimum Gasteiger partial charge on any atom is -0.478 e. The summed E-state index contributed by atoms with van der Waals surface area (Å²) >= 11 is 0. The topological polar surface area (TPSA) is 68.8 Å². The van der Waals surface area contributed by atoms with Gasteiger partial charge in [0.1, 0.15) is 11.6 Å². The van der Waals surface area contributed by atoms with Crippen LogP contribution in [0.15, 0.2) is 30.3 Å². The Hall–Kier alpha value is -2.75. The highest BCUT2D eigenvalue weighted by Crippen LogP contribution is 2.58. The predicted molar refractivity (Wildman–Crippen MR) is 125 cm³/mol. The SMILES string of the molecule is Fc1cc(N2CCOCC2)cc(F)c1-c1ccc2[nH]c(OCC3COC4C3OCC43CC3)cc2n1. The number of fused-ring (bicyclic) bond motifs is 3. The summed E-state index contributed by atoms with van der Waals surface area (Å²) in [6, 6.07) is 7.90. The first kappa shape index (κ1) is 21.5. The van der Waals surface area contributed by atoms with Gasteiger partial charge in [-0.1, -0.05) is 0 Å². The number of benzene rings is 1. The van der Waals surface area contributed by atoms with E-state index >= 15 is 8.78 Å². The van der Waals surface area contributed by atoms with Crippen molar-refractivity contribution in [1.82, 2.24) is 9.97 Å². The number of aromatic amines is 1. The molecule has 3 aromatic rings. The fourth-order valence-corrected chi connectivity index (χ4v) is 5.70. The van der Waals surface area contributed by atoms with Crippen molar-refractivity contribution in [1.29, 1.82) is 0 Å². The number of anilines is 1. The van der Waals surface area contributed by atoms with E-state index in [0.717, 1.165) is 12.1 Å². The number of ether oxygens (including phenoxy) is 4. The molecule has 1 aliphatic carbocycles. The Labute approximate surface area is 201 Å². The highest BCUT2D eigenvalue weighted by Gasteiger charge is 2.62. The number of H-pyrrole nitrogens is 1. The highest BCUT2D eigenvalue weighted by atomic mass is 19.1. The summed E-state index contributed by atoms with van der Waals surface area (Å²) < 4.78 is 53.5. The molecule has 3 aliphatic heterocycles. The van der Waals surface area contributed by atoms with E-state index in [9.17, 15) is 0 Å². The summed E-state index contributed by atoms with van der Waals surface area (Å²) in [6.45, 7) is 4.21. The number of hydrogen-bond acceptors (Lipinski definition) is 6. The maximum Gasteiger partial charge on any atom is 0.193 e. The van der Waals surface area contributed by atoms with E-state index in [1.165, 1.54) is 25.0 Å².